The fourth-order valence-electron chi connectivity index (χ4n) is 4.14. The quantitative estimate of drug-likeness (QED) is 0.700. The third-order valence-corrected chi connectivity index (χ3v) is 5.95. The molecule has 0 radical (unpaired) electrons. The maximum Gasteiger partial charge on any atom is 0.263 e. The Morgan fingerprint density at radius 3 is 2.52 bits per heavy atom. The number of carbonyl (C=O) groups excluding carboxylic acids is 1. The molecule has 1 aliphatic heterocycles. The van der Waals surface area contributed by atoms with Gasteiger partial charge in [0.05, 0.1) is 0 Å². The van der Waals surface area contributed by atoms with E-state index < -0.39 is 0 Å². The summed E-state index contributed by atoms with van der Waals surface area (Å²) in [4.78, 5) is 40.5. The van der Waals surface area contributed by atoms with E-state index in [2.05, 4.69) is 9.97 Å². The van der Waals surface area contributed by atoms with Crippen LogP contribution < -0.4 is 11.3 Å². The lowest BCUT2D eigenvalue weighted by atomic mass is 9.99. The number of aromatic nitrogens is 4. The summed E-state index contributed by atoms with van der Waals surface area (Å²) >= 11 is 0. The Morgan fingerprint density at radius 1 is 1.10 bits per heavy atom. The van der Waals surface area contributed by atoms with Gasteiger partial charge in [-0.25, -0.2) is 9.97 Å². The van der Waals surface area contributed by atoms with Crippen LogP contribution in [-0.2, 0) is 7.05 Å². The van der Waals surface area contributed by atoms with Gasteiger partial charge in [-0.05, 0) is 56.5 Å². The van der Waals surface area contributed by atoms with Crippen LogP contribution in [0.25, 0.3) is 11.1 Å². The molecule has 0 aromatic carbocycles. The van der Waals surface area contributed by atoms with Crippen molar-refractivity contribution in [1.29, 1.82) is 0 Å². The van der Waals surface area contributed by atoms with Crippen molar-refractivity contribution >= 4 is 11.9 Å². The molecule has 1 aliphatic rings. The first-order valence-corrected chi connectivity index (χ1v) is 10.3. The van der Waals surface area contributed by atoms with E-state index in [4.69, 9.17) is 10.7 Å². The molecule has 1 amide bonds. The highest BCUT2D eigenvalue weighted by Gasteiger charge is 2.31. The third kappa shape index (κ3) is 3.93. The first-order chi connectivity index (χ1) is 14.7. The first-order valence-electron chi connectivity index (χ1n) is 10.3. The summed E-state index contributed by atoms with van der Waals surface area (Å²) in [5, 5.41) is 0. The minimum atomic E-state index is -0.245. The summed E-state index contributed by atoms with van der Waals surface area (Å²) in [7, 11) is 1.69. The summed E-state index contributed by atoms with van der Waals surface area (Å²) in [6.07, 6.45) is 4.19. The number of aryl methyl sites for hydroxylation is 3. The smallest absolute Gasteiger partial charge is 0.263 e. The molecule has 1 saturated heterocycles. The maximum atomic E-state index is 13.2. The largest absolute Gasteiger partial charge is 0.368 e. The van der Waals surface area contributed by atoms with Crippen LogP contribution in [0.5, 0.6) is 0 Å². The predicted octanol–water partition coefficient (Wildman–Crippen LogP) is 2.37. The van der Waals surface area contributed by atoms with Crippen LogP contribution in [0, 0.1) is 20.8 Å². The normalized spacial score (nSPS) is 16.0. The van der Waals surface area contributed by atoms with Gasteiger partial charge in [0.25, 0.3) is 11.5 Å². The van der Waals surface area contributed by atoms with E-state index in [1.807, 2.05) is 39.0 Å². The molecule has 4 rings (SSSR count). The molecule has 0 spiro atoms. The number of hydrogen-bond donors (Lipinski definition) is 1. The standard InChI is InChI=1S/C23H26N6O2/c1-13-7-15(3)28(4)21(30)20(13)22(31)29-6-5-16(12-29)19-9-17(8-14(2)27-19)18-10-25-23(24)26-11-18/h7-11,16H,5-6,12H2,1-4H3,(H2,24,25,26)/t16-/m0/s1. The third-order valence-electron chi connectivity index (χ3n) is 5.95. The monoisotopic (exact) mass is 418 g/mol. The lowest BCUT2D eigenvalue weighted by molar-refractivity contribution is 0.0787. The number of pyridine rings is 2. The summed E-state index contributed by atoms with van der Waals surface area (Å²) < 4.78 is 1.52. The second-order valence-corrected chi connectivity index (χ2v) is 8.20. The van der Waals surface area contributed by atoms with Gasteiger partial charge in [-0.1, -0.05) is 0 Å². The van der Waals surface area contributed by atoms with Gasteiger partial charge >= 0.3 is 0 Å². The van der Waals surface area contributed by atoms with Gasteiger partial charge in [-0.15, -0.1) is 0 Å². The molecule has 2 N–H and O–H groups in total. The van der Waals surface area contributed by atoms with Crippen LogP contribution in [0.2, 0.25) is 0 Å². The molecular weight excluding hydrogens is 392 g/mol. The number of rotatable bonds is 3. The van der Waals surface area contributed by atoms with Crippen LogP contribution in [0.4, 0.5) is 5.95 Å². The predicted molar refractivity (Wildman–Crippen MR) is 119 cm³/mol. The SMILES string of the molecule is Cc1cc(-c2cnc(N)nc2)cc([C@H]2CCN(C(=O)c3c(C)cc(C)n(C)c3=O)C2)n1. The minimum absolute atomic E-state index is 0.104. The van der Waals surface area contributed by atoms with E-state index in [0.717, 1.165) is 34.6 Å². The van der Waals surface area contributed by atoms with Gasteiger partial charge < -0.3 is 15.2 Å². The Kier molecular flexibility index (Phi) is 5.31. The number of nitrogens with zero attached hydrogens (tertiary/aromatic N) is 5. The van der Waals surface area contributed by atoms with Crippen molar-refractivity contribution < 1.29 is 4.79 Å². The fourth-order valence-corrected chi connectivity index (χ4v) is 4.14. The zero-order chi connectivity index (χ0) is 22.3. The Morgan fingerprint density at radius 2 is 1.81 bits per heavy atom. The highest BCUT2D eigenvalue weighted by Crippen LogP contribution is 2.30. The first kappa shape index (κ1) is 20.7. The molecular formula is C23H26N6O2. The van der Waals surface area contributed by atoms with Gasteiger partial charge in [0.1, 0.15) is 5.56 Å². The molecule has 0 bridgehead atoms. The molecule has 31 heavy (non-hydrogen) atoms. The Balaban J connectivity index is 1.60. The average molecular weight is 419 g/mol. The summed E-state index contributed by atoms with van der Waals surface area (Å²) in [5.74, 6) is 0.129. The number of anilines is 1. The molecule has 0 unspecified atom stereocenters. The van der Waals surface area contributed by atoms with Crippen molar-refractivity contribution in [3.63, 3.8) is 0 Å². The minimum Gasteiger partial charge on any atom is -0.368 e. The van der Waals surface area contributed by atoms with Crippen molar-refractivity contribution in [1.82, 2.24) is 24.4 Å². The second kappa shape index (κ2) is 7.94. The average Bonchev–Trinajstić information content (AvgIpc) is 3.22. The number of nitrogens with two attached hydrogens (primary N) is 1. The lowest BCUT2D eigenvalue weighted by Gasteiger charge is -2.19. The topological polar surface area (TPSA) is 107 Å². The number of nitrogen functional groups attached to an aromatic ring is 1. The summed E-state index contributed by atoms with van der Waals surface area (Å²) in [6, 6.07) is 5.89. The Hall–Kier alpha value is -3.55. The Labute approximate surface area is 180 Å². The van der Waals surface area contributed by atoms with Gasteiger partial charge in [0.2, 0.25) is 5.95 Å². The molecule has 8 heteroatoms. The number of likely N-dealkylation sites (tertiary alicyclic amines) is 1. The van der Waals surface area contributed by atoms with Gasteiger partial charge in [0, 0.05) is 61.1 Å². The lowest BCUT2D eigenvalue weighted by Crippen LogP contribution is -2.36. The van der Waals surface area contributed by atoms with Crippen molar-refractivity contribution in [2.75, 3.05) is 18.8 Å². The van der Waals surface area contributed by atoms with Crippen molar-refractivity contribution in [3.05, 3.63) is 69.2 Å². The highest BCUT2D eigenvalue weighted by atomic mass is 16.2. The van der Waals surface area contributed by atoms with E-state index in [0.29, 0.717) is 18.7 Å². The summed E-state index contributed by atoms with van der Waals surface area (Å²) in [6.45, 7) is 6.75. The van der Waals surface area contributed by atoms with Crippen molar-refractivity contribution in [2.24, 2.45) is 7.05 Å². The number of hydrogen-bond acceptors (Lipinski definition) is 6. The Bertz CT molecular complexity index is 1220. The van der Waals surface area contributed by atoms with Crippen LogP contribution in [-0.4, -0.2) is 43.4 Å². The number of carbonyl (C=O) groups is 1. The molecule has 4 heterocycles. The van der Waals surface area contributed by atoms with Gasteiger partial charge in [-0.3, -0.25) is 14.6 Å². The maximum absolute atomic E-state index is 13.2. The number of amides is 1. The van der Waals surface area contributed by atoms with Gasteiger partial charge in [-0.2, -0.15) is 0 Å². The molecule has 8 nitrogen and oxygen atoms in total. The molecule has 1 atom stereocenters. The van der Waals surface area contributed by atoms with Crippen molar-refractivity contribution in [3.8, 4) is 11.1 Å². The molecule has 3 aromatic heterocycles. The van der Waals surface area contributed by atoms with E-state index in [9.17, 15) is 9.59 Å². The summed E-state index contributed by atoms with van der Waals surface area (Å²) in [5.41, 5.74) is 10.8. The zero-order valence-electron chi connectivity index (χ0n) is 18.2. The van der Waals surface area contributed by atoms with E-state index in [1.165, 1.54) is 4.57 Å². The van der Waals surface area contributed by atoms with E-state index in [-0.39, 0.29) is 28.9 Å². The van der Waals surface area contributed by atoms with Crippen molar-refractivity contribution in [2.45, 2.75) is 33.1 Å². The molecule has 160 valence electrons. The molecule has 0 aliphatic carbocycles. The van der Waals surface area contributed by atoms with E-state index in [1.54, 1.807) is 24.3 Å². The van der Waals surface area contributed by atoms with Crippen LogP contribution in [0.15, 0.2) is 35.4 Å². The molecule has 1 fully saturated rings. The van der Waals surface area contributed by atoms with Crippen LogP contribution in [0.1, 0.15) is 45.3 Å². The van der Waals surface area contributed by atoms with Crippen LogP contribution >= 0.6 is 0 Å². The second-order valence-electron chi connectivity index (χ2n) is 8.20. The molecule has 3 aromatic rings. The molecule has 0 saturated carbocycles. The zero-order valence-corrected chi connectivity index (χ0v) is 18.2. The highest BCUT2D eigenvalue weighted by molar-refractivity contribution is 5.95. The fraction of sp³-hybridized carbons (Fsp3) is 0.348. The van der Waals surface area contributed by atoms with Crippen LogP contribution in [0.3, 0.4) is 0 Å². The van der Waals surface area contributed by atoms with Gasteiger partial charge in [0.15, 0.2) is 0 Å². The van der Waals surface area contributed by atoms with E-state index >= 15 is 0 Å².